The van der Waals surface area contributed by atoms with Gasteiger partial charge in [-0.1, -0.05) is 58.5 Å². The second-order valence-electron chi connectivity index (χ2n) is 4.18. The standard InChI is InChI=1S/C12H23Br2NO2/c1-3-5-7-15(8-6-4-2)9-10-17-12(16)11(13)14/h11H,3-10H2,1-2H3/p+1. The van der Waals surface area contributed by atoms with Gasteiger partial charge in [0.25, 0.3) is 0 Å². The van der Waals surface area contributed by atoms with E-state index in [1.807, 2.05) is 0 Å². The number of quaternary nitrogens is 1. The van der Waals surface area contributed by atoms with E-state index in [2.05, 4.69) is 45.7 Å². The average Bonchev–Trinajstić information content (AvgIpc) is 2.31. The van der Waals surface area contributed by atoms with Gasteiger partial charge in [0, 0.05) is 0 Å². The predicted molar refractivity (Wildman–Crippen MR) is 78.0 cm³/mol. The van der Waals surface area contributed by atoms with Crippen LogP contribution in [0.15, 0.2) is 0 Å². The molecular formula is C12H24Br2NO2+. The number of carbonyl (C=O) groups is 1. The van der Waals surface area contributed by atoms with Crippen molar-refractivity contribution in [3.63, 3.8) is 0 Å². The van der Waals surface area contributed by atoms with Crippen LogP contribution in [0, 0.1) is 0 Å². The molecule has 0 amide bonds. The molecular weight excluding hydrogens is 350 g/mol. The summed E-state index contributed by atoms with van der Waals surface area (Å²) in [4.78, 5) is 12.8. The first-order valence-electron chi connectivity index (χ1n) is 6.40. The molecule has 5 heteroatoms. The predicted octanol–water partition coefficient (Wildman–Crippen LogP) is 2.13. The summed E-state index contributed by atoms with van der Waals surface area (Å²) in [6.45, 7) is 8.20. The topological polar surface area (TPSA) is 30.7 Å². The number of hydrogen-bond acceptors (Lipinski definition) is 2. The first-order valence-corrected chi connectivity index (χ1v) is 8.23. The number of unbranched alkanes of at least 4 members (excludes halogenated alkanes) is 2. The summed E-state index contributed by atoms with van der Waals surface area (Å²) in [6, 6.07) is 0. The molecule has 0 aliphatic heterocycles. The van der Waals surface area contributed by atoms with Crippen LogP contribution in [-0.2, 0) is 9.53 Å². The first-order chi connectivity index (χ1) is 8.11. The molecule has 0 rings (SSSR count). The summed E-state index contributed by atoms with van der Waals surface area (Å²) in [7, 11) is 0. The quantitative estimate of drug-likeness (QED) is 0.469. The highest BCUT2D eigenvalue weighted by atomic mass is 79.9. The first kappa shape index (κ1) is 17.4. The number of halogens is 2. The molecule has 0 aromatic carbocycles. The Kier molecular flexibility index (Phi) is 11.7. The number of esters is 1. The van der Waals surface area contributed by atoms with Crippen LogP contribution in [0.25, 0.3) is 0 Å². The Hall–Kier alpha value is 0.390. The lowest BCUT2D eigenvalue weighted by Crippen LogP contribution is -3.12. The summed E-state index contributed by atoms with van der Waals surface area (Å²) < 4.78 is 4.76. The SMILES string of the molecule is CCCC[NH+](CCCC)CCOC(=O)C(Br)Br. The van der Waals surface area contributed by atoms with E-state index in [0.29, 0.717) is 6.61 Å². The van der Waals surface area contributed by atoms with Crippen molar-refractivity contribution in [2.75, 3.05) is 26.2 Å². The normalized spacial score (nSPS) is 11.2. The Morgan fingerprint density at radius 1 is 1.12 bits per heavy atom. The van der Waals surface area contributed by atoms with E-state index in [9.17, 15) is 4.79 Å². The van der Waals surface area contributed by atoms with Crippen LogP contribution in [0.2, 0.25) is 0 Å². The molecule has 0 saturated heterocycles. The highest BCUT2D eigenvalue weighted by Crippen LogP contribution is 2.08. The lowest BCUT2D eigenvalue weighted by Gasteiger charge is -2.19. The maximum Gasteiger partial charge on any atom is 0.330 e. The third kappa shape index (κ3) is 10.0. The third-order valence-corrected chi connectivity index (χ3v) is 3.39. The van der Waals surface area contributed by atoms with Gasteiger partial charge in [0.1, 0.15) is 13.2 Å². The van der Waals surface area contributed by atoms with Gasteiger partial charge in [-0.25, -0.2) is 4.79 Å². The summed E-state index contributed by atoms with van der Waals surface area (Å²) >= 11 is 6.25. The zero-order valence-corrected chi connectivity index (χ0v) is 14.0. The van der Waals surface area contributed by atoms with E-state index >= 15 is 0 Å². The van der Waals surface area contributed by atoms with Crippen molar-refractivity contribution in [3.8, 4) is 0 Å². The highest BCUT2D eigenvalue weighted by molar-refractivity contribution is 9.25. The van der Waals surface area contributed by atoms with Gasteiger partial charge in [0.15, 0.2) is 3.74 Å². The molecule has 0 aromatic heterocycles. The maximum absolute atomic E-state index is 11.2. The van der Waals surface area contributed by atoms with Gasteiger partial charge in [0.05, 0.1) is 13.1 Å². The number of nitrogens with one attached hydrogen (secondary N) is 1. The zero-order valence-electron chi connectivity index (χ0n) is 10.8. The second-order valence-corrected chi connectivity index (χ2v) is 7.24. The van der Waals surface area contributed by atoms with Crippen LogP contribution < -0.4 is 4.90 Å². The maximum atomic E-state index is 11.2. The molecule has 3 nitrogen and oxygen atoms in total. The van der Waals surface area contributed by atoms with Gasteiger partial charge < -0.3 is 9.64 Å². The summed E-state index contributed by atoms with van der Waals surface area (Å²) in [5.74, 6) is -0.240. The minimum absolute atomic E-state index is 0.240. The zero-order chi connectivity index (χ0) is 13.1. The molecule has 1 N–H and O–H groups in total. The molecule has 0 aliphatic rings. The number of hydrogen-bond donors (Lipinski definition) is 1. The van der Waals surface area contributed by atoms with Crippen molar-refractivity contribution >= 4 is 37.8 Å². The van der Waals surface area contributed by atoms with Crippen LogP contribution in [-0.4, -0.2) is 35.9 Å². The van der Waals surface area contributed by atoms with Crippen molar-refractivity contribution in [1.82, 2.24) is 0 Å². The van der Waals surface area contributed by atoms with Crippen LogP contribution in [0.4, 0.5) is 0 Å². The van der Waals surface area contributed by atoms with Crippen LogP contribution in [0.5, 0.6) is 0 Å². The van der Waals surface area contributed by atoms with E-state index in [1.165, 1.54) is 38.8 Å². The smallest absolute Gasteiger partial charge is 0.330 e. The van der Waals surface area contributed by atoms with Gasteiger partial charge >= 0.3 is 5.97 Å². The molecule has 0 aliphatic carbocycles. The van der Waals surface area contributed by atoms with E-state index in [1.54, 1.807) is 4.90 Å². The van der Waals surface area contributed by atoms with Gasteiger partial charge in [-0.05, 0) is 12.8 Å². The van der Waals surface area contributed by atoms with Crippen molar-refractivity contribution in [2.24, 2.45) is 0 Å². The van der Waals surface area contributed by atoms with Crippen LogP contribution in [0.3, 0.4) is 0 Å². The molecule has 17 heavy (non-hydrogen) atoms. The fraction of sp³-hybridized carbons (Fsp3) is 0.917. The van der Waals surface area contributed by atoms with E-state index in [-0.39, 0.29) is 9.71 Å². The fourth-order valence-corrected chi connectivity index (χ4v) is 1.85. The number of carbonyl (C=O) groups excluding carboxylic acids is 1. The Labute approximate surface area is 122 Å². The Bertz CT molecular complexity index is 193. The minimum Gasteiger partial charge on any atom is -0.458 e. The van der Waals surface area contributed by atoms with Gasteiger partial charge in [-0.3, -0.25) is 0 Å². The van der Waals surface area contributed by atoms with Gasteiger partial charge in [-0.2, -0.15) is 0 Å². The molecule has 0 saturated carbocycles. The van der Waals surface area contributed by atoms with Crippen LogP contribution >= 0.6 is 31.9 Å². The molecule has 0 fully saturated rings. The van der Waals surface area contributed by atoms with Crippen molar-refractivity contribution in [3.05, 3.63) is 0 Å². The molecule has 0 heterocycles. The van der Waals surface area contributed by atoms with Crippen molar-refractivity contribution < 1.29 is 14.4 Å². The van der Waals surface area contributed by atoms with E-state index < -0.39 is 0 Å². The van der Waals surface area contributed by atoms with Crippen molar-refractivity contribution in [2.45, 2.75) is 43.3 Å². The Balaban J connectivity index is 3.77. The molecule has 0 aromatic rings. The summed E-state index contributed by atoms with van der Waals surface area (Å²) in [5, 5.41) is 0. The molecule has 0 spiro atoms. The largest absolute Gasteiger partial charge is 0.458 e. The van der Waals surface area contributed by atoms with Gasteiger partial charge in [0.2, 0.25) is 0 Å². The number of alkyl halides is 2. The fourth-order valence-electron chi connectivity index (χ4n) is 1.59. The molecule has 0 radical (unpaired) electrons. The Morgan fingerprint density at radius 3 is 2.06 bits per heavy atom. The third-order valence-electron chi connectivity index (χ3n) is 2.65. The number of ether oxygens (including phenoxy) is 1. The highest BCUT2D eigenvalue weighted by Gasteiger charge is 2.13. The molecule has 0 bridgehead atoms. The number of rotatable bonds is 10. The lowest BCUT2D eigenvalue weighted by atomic mass is 10.2. The summed E-state index contributed by atoms with van der Waals surface area (Å²) in [5.41, 5.74) is 0. The van der Waals surface area contributed by atoms with Crippen molar-refractivity contribution in [1.29, 1.82) is 0 Å². The lowest BCUT2D eigenvalue weighted by molar-refractivity contribution is -0.900. The monoisotopic (exact) mass is 372 g/mol. The van der Waals surface area contributed by atoms with Gasteiger partial charge in [-0.15, -0.1) is 0 Å². The van der Waals surface area contributed by atoms with E-state index in [0.717, 1.165) is 6.54 Å². The van der Waals surface area contributed by atoms with Crippen LogP contribution in [0.1, 0.15) is 39.5 Å². The summed E-state index contributed by atoms with van der Waals surface area (Å²) in [6.07, 6.45) is 4.93. The molecule has 102 valence electrons. The minimum atomic E-state index is -0.385. The molecule has 0 atom stereocenters. The van der Waals surface area contributed by atoms with E-state index in [4.69, 9.17) is 4.74 Å². The average molecular weight is 374 g/mol. The molecule has 0 unspecified atom stereocenters. The second kappa shape index (κ2) is 11.5. The Morgan fingerprint density at radius 2 is 1.65 bits per heavy atom.